The van der Waals surface area contributed by atoms with Crippen LogP contribution in [-0.4, -0.2) is 35.6 Å². The molecule has 1 aliphatic heterocycles. The molecule has 0 saturated carbocycles. The normalized spacial score (nSPS) is 23.3. The summed E-state index contributed by atoms with van der Waals surface area (Å²) in [5.41, 5.74) is 2.75. The molecule has 0 radical (unpaired) electrons. The Bertz CT molecular complexity index is 456. The molecular formula is C13H21N3O3. The lowest BCUT2D eigenvalue weighted by Crippen LogP contribution is -2.51. The second kappa shape index (κ2) is 5.32. The topological polar surface area (TPSA) is 80.7 Å². The molecule has 6 heteroatoms. The highest BCUT2D eigenvalue weighted by molar-refractivity contribution is 5.92. The maximum atomic E-state index is 11.6. The van der Waals surface area contributed by atoms with Crippen molar-refractivity contribution in [2.45, 2.75) is 39.0 Å². The summed E-state index contributed by atoms with van der Waals surface area (Å²) in [4.78, 5) is 13.8. The molecular weight excluding hydrogens is 246 g/mol. The lowest BCUT2D eigenvalue weighted by molar-refractivity contribution is -0.130. The molecule has 1 fully saturated rings. The van der Waals surface area contributed by atoms with Gasteiger partial charge in [-0.15, -0.1) is 0 Å². The first-order valence-electron chi connectivity index (χ1n) is 6.39. The first-order valence-corrected chi connectivity index (χ1v) is 6.39. The zero-order valence-electron chi connectivity index (χ0n) is 11.6. The molecule has 1 saturated heterocycles. The van der Waals surface area contributed by atoms with Crippen LogP contribution in [0.5, 0.6) is 0 Å². The number of hydrazine groups is 1. The lowest BCUT2D eigenvalue weighted by Gasteiger charge is -2.41. The van der Waals surface area contributed by atoms with Crippen molar-refractivity contribution < 1.29 is 13.9 Å². The first-order chi connectivity index (χ1) is 8.91. The molecule has 1 aliphatic rings. The summed E-state index contributed by atoms with van der Waals surface area (Å²) in [5, 5.41) is 0. The fourth-order valence-corrected chi connectivity index (χ4v) is 2.67. The van der Waals surface area contributed by atoms with E-state index in [1.165, 1.54) is 6.26 Å². The second-order valence-electron chi connectivity index (χ2n) is 5.61. The number of amides is 1. The van der Waals surface area contributed by atoms with Crippen molar-refractivity contribution in [3.63, 3.8) is 0 Å². The molecule has 3 N–H and O–H groups in total. The van der Waals surface area contributed by atoms with Gasteiger partial charge >= 0.3 is 5.91 Å². The van der Waals surface area contributed by atoms with Crippen LogP contribution in [0, 0.1) is 0 Å². The van der Waals surface area contributed by atoms with Crippen LogP contribution in [0.1, 0.15) is 36.9 Å². The number of carbonyl (C=O) groups is 1. The van der Waals surface area contributed by atoms with Crippen LogP contribution in [0.25, 0.3) is 0 Å². The fraction of sp³-hybridized carbons (Fsp3) is 0.615. The minimum Gasteiger partial charge on any atom is -0.459 e. The Labute approximate surface area is 112 Å². The Morgan fingerprint density at radius 1 is 1.63 bits per heavy atom. The Balaban J connectivity index is 2.09. The standard InChI is InChI=1S/C13H21N3O3/c1-9-6-16(8-13(2,3)19-9)7-10-4-5-18-11(10)12(17)15-14/h4-5,9H,6-8,14H2,1-3H3,(H,15,17). The molecule has 0 aliphatic carbocycles. The van der Waals surface area contributed by atoms with Crippen LogP contribution in [0.2, 0.25) is 0 Å². The van der Waals surface area contributed by atoms with Crippen LogP contribution in [0.4, 0.5) is 0 Å². The predicted molar refractivity (Wildman–Crippen MR) is 70.3 cm³/mol. The summed E-state index contributed by atoms with van der Waals surface area (Å²) >= 11 is 0. The molecule has 106 valence electrons. The molecule has 2 rings (SSSR count). The molecule has 6 nitrogen and oxygen atoms in total. The summed E-state index contributed by atoms with van der Waals surface area (Å²) in [6.07, 6.45) is 1.68. The third-order valence-electron chi connectivity index (χ3n) is 3.12. The minimum atomic E-state index is -0.402. The van der Waals surface area contributed by atoms with Crippen LogP contribution in [0.3, 0.4) is 0 Å². The van der Waals surface area contributed by atoms with E-state index in [0.717, 1.165) is 18.7 Å². The number of nitrogens with zero attached hydrogens (tertiary/aromatic N) is 1. The molecule has 1 atom stereocenters. The highest BCUT2D eigenvalue weighted by Gasteiger charge is 2.32. The van der Waals surface area contributed by atoms with Gasteiger partial charge in [0.2, 0.25) is 0 Å². The minimum absolute atomic E-state index is 0.169. The lowest BCUT2D eigenvalue weighted by atomic mass is 10.0. The highest BCUT2D eigenvalue weighted by Crippen LogP contribution is 2.23. The molecule has 1 aromatic heterocycles. The van der Waals surface area contributed by atoms with E-state index in [1.807, 2.05) is 0 Å². The summed E-state index contributed by atoms with van der Waals surface area (Å²) in [7, 11) is 0. The van der Waals surface area contributed by atoms with E-state index in [9.17, 15) is 4.79 Å². The maximum Gasteiger partial charge on any atom is 0.301 e. The number of hydrogen-bond donors (Lipinski definition) is 2. The van der Waals surface area contributed by atoms with Gasteiger partial charge in [0, 0.05) is 25.2 Å². The van der Waals surface area contributed by atoms with Crippen molar-refractivity contribution in [1.29, 1.82) is 0 Å². The second-order valence-corrected chi connectivity index (χ2v) is 5.61. The first kappa shape index (κ1) is 14.0. The number of morpholine rings is 1. The van der Waals surface area contributed by atoms with Gasteiger partial charge in [0.1, 0.15) is 0 Å². The van der Waals surface area contributed by atoms with Gasteiger partial charge in [-0.25, -0.2) is 5.84 Å². The van der Waals surface area contributed by atoms with E-state index in [1.54, 1.807) is 6.07 Å². The molecule has 0 aromatic carbocycles. The predicted octanol–water partition coefficient (Wildman–Crippen LogP) is 0.882. The fourth-order valence-electron chi connectivity index (χ4n) is 2.67. The van der Waals surface area contributed by atoms with Crippen LogP contribution in [-0.2, 0) is 11.3 Å². The summed E-state index contributed by atoms with van der Waals surface area (Å²) in [5.74, 6) is 5.01. The maximum absolute atomic E-state index is 11.6. The van der Waals surface area contributed by atoms with E-state index < -0.39 is 5.91 Å². The molecule has 0 bridgehead atoms. The quantitative estimate of drug-likeness (QED) is 0.483. The molecule has 2 heterocycles. The van der Waals surface area contributed by atoms with Crippen molar-refractivity contribution in [2.75, 3.05) is 13.1 Å². The zero-order chi connectivity index (χ0) is 14.0. The van der Waals surface area contributed by atoms with Crippen LogP contribution >= 0.6 is 0 Å². The third-order valence-corrected chi connectivity index (χ3v) is 3.12. The average molecular weight is 267 g/mol. The smallest absolute Gasteiger partial charge is 0.301 e. The number of ether oxygens (including phenoxy) is 1. The van der Waals surface area contributed by atoms with Crippen molar-refractivity contribution >= 4 is 5.91 Å². The van der Waals surface area contributed by atoms with E-state index >= 15 is 0 Å². The number of furan rings is 1. The van der Waals surface area contributed by atoms with E-state index in [4.69, 9.17) is 15.0 Å². The van der Waals surface area contributed by atoms with Gasteiger partial charge in [-0.05, 0) is 26.8 Å². The summed E-state index contributed by atoms with van der Waals surface area (Å²) in [6, 6.07) is 1.80. The van der Waals surface area contributed by atoms with E-state index in [0.29, 0.717) is 6.54 Å². The SMILES string of the molecule is CC1CN(Cc2ccoc2C(=O)NN)CC(C)(C)O1. The Morgan fingerprint density at radius 2 is 2.37 bits per heavy atom. The highest BCUT2D eigenvalue weighted by atomic mass is 16.5. The molecule has 1 unspecified atom stereocenters. The van der Waals surface area contributed by atoms with Gasteiger partial charge in [0.15, 0.2) is 5.76 Å². The van der Waals surface area contributed by atoms with Crippen LogP contribution < -0.4 is 11.3 Å². The number of carbonyl (C=O) groups excluding carboxylic acids is 1. The molecule has 19 heavy (non-hydrogen) atoms. The van der Waals surface area contributed by atoms with Crippen molar-refractivity contribution in [1.82, 2.24) is 10.3 Å². The van der Waals surface area contributed by atoms with Gasteiger partial charge in [-0.2, -0.15) is 0 Å². The summed E-state index contributed by atoms with van der Waals surface area (Å²) in [6.45, 7) is 8.48. The molecule has 0 spiro atoms. The number of nitrogen functional groups attached to an aromatic ring is 1. The van der Waals surface area contributed by atoms with E-state index in [2.05, 4.69) is 31.1 Å². The van der Waals surface area contributed by atoms with Crippen LogP contribution in [0.15, 0.2) is 16.7 Å². The average Bonchev–Trinajstić information content (AvgIpc) is 2.73. The van der Waals surface area contributed by atoms with Crippen molar-refractivity contribution in [2.24, 2.45) is 5.84 Å². The summed E-state index contributed by atoms with van der Waals surface area (Å²) < 4.78 is 11.0. The number of nitrogens with one attached hydrogen (secondary N) is 1. The largest absolute Gasteiger partial charge is 0.459 e. The van der Waals surface area contributed by atoms with Gasteiger partial charge in [-0.1, -0.05) is 0 Å². The monoisotopic (exact) mass is 267 g/mol. The Morgan fingerprint density at radius 3 is 3.00 bits per heavy atom. The molecule has 1 aromatic rings. The number of rotatable bonds is 3. The third kappa shape index (κ3) is 3.34. The zero-order valence-corrected chi connectivity index (χ0v) is 11.6. The van der Waals surface area contributed by atoms with Gasteiger partial charge in [0.25, 0.3) is 0 Å². The van der Waals surface area contributed by atoms with E-state index in [-0.39, 0.29) is 17.5 Å². The number of hydrogen-bond acceptors (Lipinski definition) is 5. The van der Waals surface area contributed by atoms with Gasteiger partial charge in [0.05, 0.1) is 18.0 Å². The molecule has 1 amide bonds. The Kier molecular flexibility index (Phi) is 3.93. The van der Waals surface area contributed by atoms with Gasteiger partial charge < -0.3 is 9.15 Å². The number of nitrogens with two attached hydrogens (primary N) is 1. The van der Waals surface area contributed by atoms with Crippen molar-refractivity contribution in [3.8, 4) is 0 Å². The van der Waals surface area contributed by atoms with Crippen molar-refractivity contribution in [3.05, 3.63) is 23.7 Å². The Hall–Kier alpha value is -1.37. The van der Waals surface area contributed by atoms with Gasteiger partial charge in [-0.3, -0.25) is 15.1 Å².